The van der Waals surface area contributed by atoms with Crippen LogP contribution in [-0.4, -0.2) is 30.1 Å². The molecule has 28 heavy (non-hydrogen) atoms. The molecular formula is C19H19FN2O5S. The van der Waals surface area contributed by atoms with Gasteiger partial charge in [-0.2, -0.15) is 8.42 Å². The Bertz CT molecular complexity index is 976. The molecule has 7 nitrogen and oxygen atoms in total. The summed E-state index contributed by atoms with van der Waals surface area (Å²) in [6, 6.07) is 19.4. The normalized spacial score (nSPS) is 11.9. The van der Waals surface area contributed by atoms with Crippen molar-refractivity contribution in [3.8, 4) is 0 Å². The number of fused-ring (bicyclic) bond motifs is 1. The summed E-state index contributed by atoms with van der Waals surface area (Å²) in [5.41, 5.74) is 1.15. The van der Waals surface area contributed by atoms with Crippen molar-refractivity contribution in [2.24, 2.45) is 0 Å². The molecule has 0 saturated carbocycles. The molecule has 3 aromatic carbocycles. The lowest BCUT2D eigenvalue weighted by atomic mass is 10.1. The number of benzene rings is 3. The highest BCUT2D eigenvalue weighted by molar-refractivity contribution is 7.87. The molecule has 0 spiro atoms. The molecule has 3 rings (SSSR count). The second-order valence-electron chi connectivity index (χ2n) is 5.75. The third-order valence-electron chi connectivity index (χ3n) is 3.83. The van der Waals surface area contributed by atoms with Crippen LogP contribution >= 0.6 is 0 Å². The van der Waals surface area contributed by atoms with E-state index in [4.69, 9.17) is 9.76 Å². The van der Waals surface area contributed by atoms with Gasteiger partial charge in [0, 0.05) is 0 Å². The van der Waals surface area contributed by atoms with Gasteiger partial charge in [-0.15, -0.1) is 0 Å². The average molecular weight is 406 g/mol. The highest BCUT2D eigenvalue weighted by Gasteiger charge is 2.30. The smallest absolute Gasteiger partial charge is 0.289 e. The van der Waals surface area contributed by atoms with E-state index in [1.54, 1.807) is 0 Å². The minimum absolute atomic E-state index is 0.116. The zero-order valence-electron chi connectivity index (χ0n) is 14.9. The molecule has 9 heteroatoms. The SMILES string of the molecule is CC(C(=O)NO)N(c1ccc(F)cc1)S(=O)(=O)O.c1ccc2ccccc2c1. The van der Waals surface area contributed by atoms with Crippen molar-refractivity contribution < 1.29 is 27.4 Å². The number of halogens is 1. The Kier molecular flexibility index (Phi) is 7.05. The second kappa shape index (κ2) is 9.27. The molecule has 0 aromatic heterocycles. The van der Waals surface area contributed by atoms with Gasteiger partial charge in [0.2, 0.25) is 0 Å². The van der Waals surface area contributed by atoms with E-state index in [0.29, 0.717) is 4.31 Å². The fraction of sp³-hybridized carbons (Fsp3) is 0.105. The summed E-state index contributed by atoms with van der Waals surface area (Å²) in [4.78, 5) is 11.2. The highest BCUT2D eigenvalue weighted by atomic mass is 32.2. The molecule has 148 valence electrons. The van der Waals surface area contributed by atoms with E-state index >= 15 is 0 Å². The number of nitrogens with zero attached hydrogens (tertiary/aromatic N) is 1. The summed E-state index contributed by atoms with van der Waals surface area (Å²) in [5, 5.41) is 11.1. The van der Waals surface area contributed by atoms with Gasteiger partial charge < -0.3 is 0 Å². The van der Waals surface area contributed by atoms with E-state index in [2.05, 4.69) is 48.5 Å². The Morgan fingerprint density at radius 2 is 1.39 bits per heavy atom. The van der Waals surface area contributed by atoms with E-state index in [-0.39, 0.29) is 5.69 Å². The standard InChI is InChI=1S/C10H8.C9H11FN2O5S/c1-2-6-10-8-4-3-7-9(10)5-1;1-6(9(13)11-14)12(18(15,16)17)8-4-2-7(10)3-5-8/h1-8H;2-6,14H,1H3,(H,11,13)(H,15,16,17). The van der Waals surface area contributed by atoms with Crippen LogP contribution in [0.15, 0.2) is 72.8 Å². The number of hydroxylamine groups is 1. The Morgan fingerprint density at radius 3 is 1.75 bits per heavy atom. The number of carbonyl (C=O) groups excluding carboxylic acids is 1. The minimum atomic E-state index is -4.75. The van der Waals surface area contributed by atoms with E-state index in [1.807, 2.05) is 0 Å². The Balaban J connectivity index is 0.000000233. The molecule has 3 N–H and O–H groups in total. The molecule has 0 fully saturated rings. The van der Waals surface area contributed by atoms with Gasteiger partial charge in [-0.25, -0.2) is 14.2 Å². The van der Waals surface area contributed by atoms with Crippen molar-refractivity contribution in [2.75, 3.05) is 4.31 Å². The van der Waals surface area contributed by atoms with Crippen LogP contribution in [-0.2, 0) is 15.1 Å². The van der Waals surface area contributed by atoms with Crippen LogP contribution in [0.5, 0.6) is 0 Å². The molecular weight excluding hydrogens is 387 g/mol. The molecule has 1 amide bonds. The molecule has 0 aliphatic carbocycles. The maximum atomic E-state index is 12.7. The summed E-state index contributed by atoms with van der Waals surface area (Å²) in [5.74, 6) is -1.65. The number of nitrogens with one attached hydrogen (secondary N) is 1. The fourth-order valence-corrected chi connectivity index (χ4v) is 3.36. The number of hydrogen-bond acceptors (Lipinski definition) is 4. The summed E-state index contributed by atoms with van der Waals surface area (Å²) in [6.07, 6.45) is 0. The Morgan fingerprint density at radius 1 is 0.964 bits per heavy atom. The highest BCUT2D eigenvalue weighted by Crippen LogP contribution is 2.20. The van der Waals surface area contributed by atoms with Gasteiger partial charge in [0.1, 0.15) is 11.9 Å². The monoisotopic (exact) mass is 406 g/mol. The van der Waals surface area contributed by atoms with Gasteiger partial charge >= 0.3 is 10.3 Å². The van der Waals surface area contributed by atoms with E-state index < -0.39 is 28.1 Å². The van der Waals surface area contributed by atoms with Crippen LogP contribution in [0.1, 0.15) is 6.92 Å². The average Bonchev–Trinajstić information content (AvgIpc) is 2.68. The summed E-state index contributed by atoms with van der Waals surface area (Å²) >= 11 is 0. The van der Waals surface area contributed by atoms with Gasteiger partial charge in [-0.3, -0.25) is 14.6 Å². The third kappa shape index (κ3) is 5.49. The van der Waals surface area contributed by atoms with E-state index in [9.17, 15) is 17.6 Å². The Hall–Kier alpha value is -3.01. The van der Waals surface area contributed by atoms with Crippen LogP contribution in [0.4, 0.5) is 10.1 Å². The second-order valence-corrected chi connectivity index (χ2v) is 7.04. The maximum Gasteiger partial charge on any atom is 0.360 e. The lowest BCUT2D eigenvalue weighted by Gasteiger charge is -2.25. The maximum absolute atomic E-state index is 12.7. The third-order valence-corrected chi connectivity index (χ3v) is 4.85. The predicted molar refractivity (Wildman–Crippen MR) is 104 cm³/mol. The molecule has 0 aliphatic heterocycles. The molecule has 1 atom stereocenters. The lowest BCUT2D eigenvalue weighted by Crippen LogP contribution is -2.47. The summed E-state index contributed by atoms with van der Waals surface area (Å²) in [7, 11) is -4.75. The number of hydrogen-bond donors (Lipinski definition) is 3. The number of amides is 1. The van der Waals surface area contributed by atoms with Gasteiger partial charge in [0.15, 0.2) is 0 Å². The first-order valence-electron chi connectivity index (χ1n) is 8.14. The van der Waals surface area contributed by atoms with Crippen LogP contribution in [0.3, 0.4) is 0 Å². The van der Waals surface area contributed by atoms with Crippen LogP contribution < -0.4 is 9.79 Å². The number of anilines is 1. The molecule has 0 saturated heterocycles. The van der Waals surface area contributed by atoms with Crippen molar-refractivity contribution in [1.82, 2.24) is 5.48 Å². The fourth-order valence-electron chi connectivity index (χ4n) is 2.48. The van der Waals surface area contributed by atoms with Crippen molar-refractivity contribution in [1.29, 1.82) is 0 Å². The molecule has 0 bridgehead atoms. The van der Waals surface area contributed by atoms with Gasteiger partial charge in [-0.1, -0.05) is 48.5 Å². The number of carbonyl (C=O) groups is 1. The summed E-state index contributed by atoms with van der Waals surface area (Å²) < 4.78 is 44.5. The van der Waals surface area contributed by atoms with E-state index in [1.165, 1.54) is 16.3 Å². The van der Waals surface area contributed by atoms with E-state index in [0.717, 1.165) is 31.2 Å². The van der Waals surface area contributed by atoms with Crippen molar-refractivity contribution in [2.45, 2.75) is 13.0 Å². The molecule has 0 aliphatic rings. The van der Waals surface area contributed by atoms with Gasteiger partial charge in [0.25, 0.3) is 5.91 Å². The first-order valence-corrected chi connectivity index (χ1v) is 9.54. The molecule has 0 radical (unpaired) electrons. The van der Waals surface area contributed by atoms with Crippen molar-refractivity contribution in [3.05, 3.63) is 78.6 Å². The largest absolute Gasteiger partial charge is 0.360 e. The van der Waals surface area contributed by atoms with Gasteiger partial charge in [-0.05, 0) is 42.0 Å². The van der Waals surface area contributed by atoms with Crippen molar-refractivity contribution in [3.63, 3.8) is 0 Å². The van der Waals surface area contributed by atoms with Crippen LogP contribution in [0, 0.1) is 5.82 Å². The zero-order chi connectivity index (χ0) is 20.7. The van der Waals surface area contributed by atoms with Crippen LogP contribution in [0.25, 0.3) is 10.8 Å². The zero-order valence-corrected chi connectivity index (χ0v) is 15.7. The van der Waals surface area contributed by atoms with Crippen LogP contribution in [0.2, 0.25) is 0 Å². The van der Waals surface area contributed by atoms with Crippen molar-refractivity contribution >= 4 is 32.7 Å². The quantitative estimate of drug-likeness (QED) is 0.350. The first-order chi connectivity index (χ1) is 13.2. The van der Waals surface area contributed by atoms with Gasteiger partial charge in [0.05, 0.1) is 5.69 Å². The first kappa shape index (κ1) is 21.3. The molecule has 0 heterocycles. The Labute approximate surface area is 161 Å². The molecule has 3 aromatic rings. The minimum Gasteiger partial charge on any atom is -0.289 e. The number of rotatable bonds is 4. The predicted octanol–water partition coefficient (Wildman–Crippen LogP) is 3.17. The molecule has 1 unspecified atom stereocenters. The lowest BCUT2D eigenvalue weighted by molar-refractivity contribution is -0.130. The topological polar surface area (TPSA) is 107 Å². The summed E-state index contributed by atoms with van der Waals surface area (Å²) in [6.45, 7) is 1.14.